The molecular formula is C18H17N3O4S. The molecule has 1 aromatic heterocycles. The van der Waals surface area contributed by atoms with Gasteiger partial charge in [-0.15, -0.1) is 5.10 Å². The number of hydrogen-bond acceptors (Lipinski definition) is 6. The third-order valence-electron chi connectivity index (χ3n) is 3.67. The topological polar surface area (TPSA) is 102 Å². The van der Waals surface area contributed by atoms with Crippen LogP contribution in [0.3, 0.4) is 0 Å². The lowest BCUT2D eigenvalue weighted by atomic mass is 10.1. The summed E-state index contributed by atoms with van der Waals surface area (Å²) in [6.45, 7) is 0. The van der Waals surface area contributed by atoms with Gasteiger partial charge in [-0.2, -0.15) is 0 Å². The second-order valence-electron chi connectivity index (χ2n) is 5.71. The van der Waals surface area contributed by atoms with Crippen molar-refractivity contribution in [2.24, 2.45) is 0 Å². The Morgan fingerprint density at radius 2 is 1.73 bits per heavy atom. The van der Waals surface area contributed by atoms with Crippen LogP contribution in [0.1, 0.15) is 12.0 Å². The van der Waals surface area contributed by atoms with E-state index in [9.17, 15) is 13.2 Å². The van der Waals surface area contributed by atoms with Gasteiger partial charge in [0.05, 0.1) is 10.5 Å². The van der Waals surface area contributed by atoms with Crippen LogP contribution in [-0.2, 0) is 21.1 Å². The Kier molecular flexibility index (Phi) is 5.13. The number of amides is 1. The lowest BCUT2D eigenvalue weighted by Gasteiger charge is -2.03. The van der Waals surface area contributed by atoms with Crippen molar-refractivity contribution in [3.05, 3.63) is 60.2 Å². The number of carbonyl (C=O) groups is 1. The van der Waals surface area contributed by atoms with Crippen molar-refractivity contribution in [1.29, 1.82) is 0 Å². The van der Waals surface area contributed by atoms with Crippen LogP contribution in [0.5, 0.6) is 0 Å². The molecule has 0 spiro atoms. The zero-order chi connectivity index (χ0) is 18.6. The van der Waals surface area contributed by atoms with Crippen LogP contribution < -0.4 is 5.32 Å². The highest BCUT2D eigenvalue weighted by Crippen LogP contribution is 2.27. The molecule has 8 heteroatoms. The number of sulfone groups is 1. The first-order valence-electron chi connectivity index (χ1n) is 7.90. The van der Waals surface area contributed by atoms with Gasteiger partial charge in [0.1, 0.15) is 0 Å². The highest BCUT2D eigenvalue weighted by atomic mass is 32.2. The van der Waals surface area contributed by atoms with Gasteiger partial charge in [-0.25, -0.2) is 8.42 Å². The van der Waals surface area contributed by atoms with Crippen molar-refractivity contribution >= 4 is 21.8 Å². The first-order chi connectivity index (χ1) is 12.4. The molecule has 0 radical (unpaired) electrons. The fourth-order valence-corrected chi connectivity index (χ4v) is 3.31. The zero-order valence-electron chi connectivity index (χ0n) is 14.0. The summed E-state index contributed by atoms with van der Waals surface area (Å²) in [6.07, 6.45) is 1.96. The van der Waals surface area contributed by atoms with E-state index >= 15 is 0 Å². The molecule has 0 saturated carbocycles. The Labute approximate surface area is 151 Å². The Morgan fingerprint density at radius 3 is 2.46 bits per heavy atom. The molecule has 0 unspecified atom stereocenters. The summed E-state index contributed by atoms with van der Waals surface area (Å²) in [5.74, 6) is -0.232. The number of carbonyl (C=O) groups excluding carboxylic acids is 1. The molecule has 0 atom stereocenters. The van der Waals surface area contributed by atoms with Crippen LogP contribution in [0.4, 0.5) is 6.01 Å². The van der Waals surface area contributed by atoms with Crippen LogP contribution in [0, 0.1) is 0 Å². The van der Waals surface area contributed by atoms with Crippen molar-refractivity contribution in [2.45, 2.75) is 17.7 Å². The van der Waals surface area contributed by atoms with Gasteiger partial charge >= 0.3 is 6.01 Å². The Balaban J connectivity index is 1.70. The summed E-state index contributed by atoms with van der Waals surface area (Å²) >= 11 is 0. The molecule has 3 rings (SSSR count). The SMILES string of the molecule is CS(=O)(=O)c1ccccc1-c1nnc(NC(=O)CCc2ccccc2)o1. The second-order valence-corrected chi connectivity index (χ2v) is 7.70. The van der Waals surface area contributed by atoms with Crippen molar-refractivity contribution in [1.82, 2.24) is 10.2 Å². The second kappa shape index (κ2) is 7.49. The lowest BCUT2D eigenvalue weighted by molar-refractivity contribution is -0.116. The molecule has 0 aliphatic rings. The zero-order valence-corrected chi connectivity index (χ0v) is 14.9. The van der Waals surface area contributed by atoms with E-state index in [4.69, 9.17) is 4.42 Å². The van der Waals surface area contributed by atoms with Crippen molar-refractivity contribution in [2.75, 3.05) is 11.6 Å². The number of benzene rings is 2. The summed E-state index contributed by atoms with van der Waals surface area (Å²) < 4.78 is 29.2. The van der Waals surface area contributed by atoms with Crippen LogP contribution in [0.2, 0.25) is 0 Å². The molecule has 1 amide bonds. The van der Waals surface area contributed by atoms with Gasteiger partial charge in [-0.3, -0.25) is 10.1 Å². The molecule has 0 saturated heterocycles. The summed E-state index contributed by atoms with van der Waals surface area (Å²) in [5.41, 5.74) is 1.35. The van der Waals surface area contributed by atoms with Crippen LogP contribution in [0.15, 0.2) is 63.9 Å². The van der Waals surface area contributed by atoms with E-state index in [0.29, 0.717) is 12.0 Å². The molecule has 0 bridgehead atoms. The van der Waals surface area contributed by atoms with Crippen molar-refractivity contribution < 1.29 is 17.6 Å². The third kappa shape index (κ3) is 4.34. The molecule has 0 fully saturated rings. The number of hydrogen-bond donors (Lipinski definition) is 1. The number of nitrogens with zero attached hydrogens (tertiary/aromatic N) is 2. The molecule has 134 valence electrons. The summed E-state index contributed by atoms with van der Waals surface area (Å²) in [6, 6.07) is 15.9. The predicted molar refractivity (Wildman–Crippen MR) is 96.2 cm³/mol. The first kappa shape index (κ1) is 17.8. The van der Waals surface area contributed by atoms with Crippen LogP contribution >= 0.6 is 0 Å². The van der Waals surface area contributed by atoms with E-state index in [-0.39, 0.29) is 29.1 Å². The maximum atomic E-state index is 12.0. The standard InChI is InChI=1S/C18H17N3O4S/c1-26(23,24)15-10-6-5-9-14(15)17-20-21-18(25-17)19-16(22)12-11-13-7-3-2-4-8-13/h2-10H,11-12H2,1H3,(H,19,21,22). The number of nitrogens with one attached hydrogen (secondary N) is 1. The Hall–Kier alpha value is -3.00. The number of anilines is 1. The lowest BCUT2D eigenvalue weighted by Crippen LogP contribution is -2.12. The van der Waals surface area contributed by atoms with Crippen LogP contribution in [-0.4, -0.2) is 30.8 Å². The van der Waals surface area contributed by atoms with Gasteiger partial charge in [-0.1, -0.05) is 47.6 Å². The minimum atomic E-state index is -3.45. The molecule has 7 nitrogen and oxygen atoms in total. The predicted octanol–water partition coefficient (Wildman–Crippen LogP) is 2.71. The van der Waals surface area contributed by atoms with E-state index in [1.54, 1.807) is 18.2 Å². The van der Waals surface area contributed by atoms with E-state index < -0.39 is 9.84 Å². The van der Waals surface area contributed by atoms with Crippen molar-refractivity contribution in [3.8, 4) is 11.5 Å². The fourth-order valence-electron chi connectivity index (χ4n) is 2.43. The fraction of sp³-hybridized carbons (Fsp3) is 0.167. The number of aryl methyl sites for hydroxylation is 1. The molecule has 1 heterocycles. The number of aromatic nitrogens is 2. The Morgan fingerprint density at radius 1 is 1.04 bits per heavy atom. The summed E-state index contributed by atoms with van der Waals surface area (Å²) in [5, 5.41) is 10.1. The molecule has 0 aliphatic carbocycles. The van der Waals surface area contributed by atoms with Gasteiger partial charge in [0.2, 0.25) is 5.91 Å². The largest absolute Gasteiger partial charge is 0.403 e. The minimum absolute atomic E-state index is 0.0318. The van der Waals surface area contributed by atoms with E-state index in [2.05, 4.69) is 15.5 Å². The highest BCUT2D eigenvalue weighted by molar-refractivity contribution is 7.90. The molecule has 0 aliphatic heterocycles. The van der Waals surface area contributed by atoms with Crippen LogP contribution in [0.25, 0.3) is 11.5 Å². The maximum absolute atomic E-state index is 12.0. The van der Waals surface area contributed by atoms with E-state index in [0.717, 1.165) is 11.8 Å². The maximum Gasteiger partial charge on any atom is 0.322 e. The summed E-state index contributed by atoms with van der Waals surface area (Å²) in [7, 11) is -3.45. The average molecular weight is 371 g/mol. The molecule has 1 N–H and O–H groups in total. The minimum Gasteiger partial charge on any atom is -0.403 e. The molecule has 26 heavy (non-hydrogen) atoms. The van der Waals surface area contributed by atoms with Gasteiger partial charge in [0, 0.05) is 12.7 Å². The molecular weight excluding hydrogens is 354 g/mol. The average Bonchev–Trinajstić information content (AvgIpc) is 3.08. The Bertz CT molecular complexity index is 1010. The van der Waals surface area contributed by atoms with E-state index in [1.165, 1.54) is 6.07 Å². The highest BCUT2D eigenvalue weighted by Gasteiger charge is 2.19. The molecule has 3 aromatic rings. The van der Waals surface area contributed by atoms with Gasteiger partial charge in [0.25, 0.3) is 5.89 Å². The van der Waals surface area contributed by atoms with Gasteiger partial charge in [0.15, 0.2) is 9.84 Å². The monoisotopic (exact) mass is 371 g/mol. The first-order valence-corrected chi connectivity index (χ1v) is 9.79. The smallest absolute Gasteiger partial charge is 0.322 e. The van der Waals surface area contributed by atoms with Gasteiger partial charge in [-0.05, 0) is 24.1 Å². The third-order valence-corrected chi connectivity index (χ3v) is 4.83. The quantitative estimate of drug-likeness (QED) is 0.715. The number of rotatable bonds is 6. The van der Waals surface area contributed by atoms with Crippen molar-refractivity contribution in [3.63, 3.8) is 0 Å². The van der Waals surface area contributed by atoms with Gasteiger partial charge < -0.3 is 4.42 Å². The van der Waals surface area contributed by atoms with E-state index in [1.807, 2.05) is 30.3 Å². The normalized spacial score (nSPS) is 11.3. The molecule has 2 aromatic carbocycles. The summed E-state index contributed by atoms with van der Waals surface area (Å²) in [4.78, 5) is 12.1.